The van der Waals surface area contributed by atoms with Crippen LogP contribution < -0.4 is 17.2 Å². The second kappa shape index (κ2) is 7.76. The third kappa shape index (κ3) is 9.04. The molecule has 78 valence electrons. The lowest BCUT2D eigenvalue weighted by Crippen LogP contribution is -2.30. The summed E-state index contributed by atoms with van der Waals surface area (Å²) in [6.07, 6.45) is 0.956. The van der Waals surface area contributed by atoms with Gasteiger partial charge in [-0.25, -0.2) is 0 Å². The highest BCUT2D eigenvalue weighted by Crippen LogP contribution is 1.94. The second-order valence-electron chi connectivity index (χ2n) is 2.39. The average Bonchev–Trinajstić information content (AvgIpc) is 1.97. The maximum atomic E-state index is 10.2. The predicted octanol–water partition coefficient (Wildman–Crippen LogP) is -1.49. The Morgan fingerprint density at radius 2 is 2.00 bits per heavy atom. The summed E-state index contributed by atoms with van der Waals surface area (Å²) < 4.78 is 0. The molecule has 0 aliphatic heterocycles. The van der Waals surface area contributed by atoms with E-state index in [9.17, 15) is 4.79 Å². The Hall–Kier alpha value is -0.870. The minimum Gasteiger partial charge on any atom is -0.480 e. The highest BCUT2D eigenvalue weighted by atomic mass is 31.0. The van der Waals surface area contributed by atoms with Crippen molar-refractivity contribution in [2.75, 3.05) is 6.54 Å². The van der Waals surface area contributed by atoms with Gasteiger partial charge in [0.25, 0.3) is 0 Å². The summed E-state index contributed by atoms with van der Waals surface area (Å²) in [5, 5.41) is 8.38. The van der Waals surface area contributed by atoms with E-state index in [4.69, 9.17) is 22.3 Å². The maximum absolute atomic E-state index is 10.2. The van der Waals surface area contributed by atoms with Crippen molar-refractivity contribution in [1.29, 1.82) is 0 Å². The first-order chi connectivity index (χ1) is 5.54. The molecule has 7 heteroatoms. The third-order valence-corrected chi connectivity index (χ3v) is 1.28. The summed E-state index contributed by atoms with van der Waals surface area (Å²) in [6, 6.07) is -0.820. The summed E-state index contributed by atoms with van der Waals surface area (Å²) in [5.74, 6) is -0.987. The number of aliphatic imine (C=N–C) groups is 1. The normalized spacial score (nSPS) is 11.2. The quantitative estimate of drug-likeness (QED) is 0.189. The van der Waals surface area contributed by atoms with Gasteiger partial charge in [0.05, 0.1) is 0 Å². The van der Waals surface area contributed by atoms with E-state index in [1.807, 2.05) is 0 Å². The zero-order valence-electron chi connectivity index (χ0n) is 7.44. The number of guanidine groups is 1. The van der Waals surface area contributed by atoms with E-state index < -0.39 is 12.0 Å². The molecule has 0 fully saturated rings. The van der Waals surface area contributed by atoms with Gasteiger partial charge in [0.1, 0.15) is 6.04 Å². The van der Waals surface area contributed by atoms with Crippen LogP contribution in [0.25, 0.3) is 0 Å². The molecule has 0 rings (SSSR count). The number of carboxylic acids is 1. The monoisotopic (exact) mass is 208 g/mol. The number of nitrogens with two attached hydrogens (primary N) is 3. The van der Waals surface area contributed by atoms with Crippen molar-refractivity contribution in [3.05, 3.63) is 0 Å². The van der Waals surface area contributed by atoms with Crippen LogP contribution in [0.1, 0.15) is 12.8 Å². The van der Waals surface area contributed by atoms with Crippen molar-refractivity contribution >= 4 is 21.8 Å². The third-order valence-electron chi connectivity index (χ3n) is 1.28. The zero-order valence-corrected chi connectivity index (χ0v) is 8.85. The topological polar surface area (TPSA) is 128 Å². The smallest absolute Gasteiger partial charge is 0.320 e. The van der Waals surface area contributed by atoms with E-state index in [1.165, 1.54) is 0 Å². The lowest BCUT2D eigenvalue weighted by Gasteiger charge is -2.03. The molecule has 0 saturated heterocycles. The minimum atomic E-state index is -1.00. The first kappa shape index (κ1) is 14.6. The number of carbonyl (C=O) groups is 1. The molecule has 6 nitrogen and oxygen atoms in total. The van der Waals surface area contributed by atoms with Crippen LogP contribution in [0.2, 0.25) is 0 Å². The molecule has 0 radical (unpaired) electrons. The van der Waals surface area contributed by atoms with Crippen LogP contribution in [0.5, 0.6) is 0 Å². The van der Waals surface area contributed by atoms with E-state index in [2.05, 4.69) is 4.99 Å². The van der Waals surface area contributed by atoms with E-state index in [0.29, 0.717) is 19.4 Å². The minimum absolute atomic E-state index is 0. The molecule has 0 heterocycles. The van der Waals surface area contributed by atoms with Gasteiger partial charge in [-0.1, -0.05) is 0 Å². The molecule has 0 aromatic rings. The number of hydrogen-bond donors (Lipinski definition) is 4. The lowest BCUT2D eigenvalue weighted by molar-refractivity contribution is -0.138. The molecule has 0 spiro atoms. The van der Waals surface area contributed by atoms with Crippen molar-refractivity contribution in [1.82, 2.24) is 0 Å². The molecule has 0 aromatic carbocycles. The molecule has 0 aromatic heterocycles. The van der Waals surface area contributed by atoms with Crippen molar-refractivity contribution < 1.29 is 9.90 Å². The van der Waals surface area contributed by atoms with Crippen molar-refractivity contribution in [3.8, 4) is 0 Å². The van der Waals surface area contributed by atoms with Crippen LogP contribution in [0.3, 0.4) is 0 Å². The number of aliphatic carboxylic acids is 1. The van der Waals surface area contributed by atoms with Gasteiger partial charge in [-0.15, -0.1) is 0 Å². The molecule has 0 bridgehead atoms. The van der Waals surface area contributed by atoms with Crippen LogP contribution in [-0.4, -0.2) is 29.6 Å². The van der Waals surface area contributed by atoms with Gasteiger partial charge in [-0.3, -0.25) is 9.79 Å². The number of nitrogens with zero attached hydrogens (tertiary/aromatic N) is 1. The van der Waals surface area contributed by atoms with Crippen molar-refractivity contribution in [2.24, 2.45) is 22.2 Å². The predicted molar refractivity (Wildman–Crippen MR) is 56.6 cm³/mol. The maximum Gasteiger partial charge on any atom is 0.320 e. The van der Waals surface area contributed by atoms with Gasteiger partial charge in [-0.2, -0.15) is 9.90 Å². The van der Waals surface area contributed by atoms with Crippen LogP contribution in [0.4, 0.5) is 0 Å². The van der Waals surface area contributed by atoms with E-state index >= 15 is 0 Å². The fraction of sp³-hybridized carbons (Fsp3) is 0.667. The fourth-order valence-corrected chi connectivity index (χ4v) is 0.643. The van der Waals surface area contributed by atoms with Gasteiger partial charge < -0.3 is 22.3 Å². The molecule has 0 aliphatic carbocycles. The molecule has 2 atom stereocenters. The molecule has 0 saturated carbocycles. The Bertz CT molecular complexity index is 181. The van der Waals surface area contributed by atoms with Crippen LogP contribution in [0, 0.1) is 0 Å². The molecule has 7 N–H and O–H groups in total. The Morgan fingerprint density at radius 3 is 2.38 bits per heavy atom. The Morgan fingerprint density at radius 1 is 1.46 bits per heavy atom. The Labute approximate surface area is 80.2 Å². The van der Waals surface area contributed by atoms with Gasteiger partial charge in [0.2, 0.25) is 0 Å². The van der Waals surface area contributed by atoms with Crippen molar-refractivity contribution in [3.63, 3.8) is 0 Å². The summed E-state index contributed by atoms with van der Waals surface area (Å²) in [6.45, 7) is 0.420. The molecular formula is C6H17N4O2P. The highest BCUT2D eigenvalue weighted by Gasteiger charge is 2.09. The first-order valence-corrected chi connectivity index (χ1v) is 3.58. The van der Waals surface area contributed by atoms with Crippen LogP contribution in [0.15, 0.2) is 4.99 Å². The zero-order chi connectivity index (χ0) is 9.56. The molecule has 0 amide bonds. The summed E-state index contributed by atoms with van der Waals surface area (Å²) >= 11 is 0. The fourth-order valence-electron chi connectivity index (χ4n) is 0.643. The van der Waals surface area contributed by atoms with Crippen LogP contribution >= 0.6 is 9.90 Å². The highest BCUT2D eigenvalue weighted by molar-refractivity contribution is 6.92. The Balaban J connectivity index is 0. The van der Waals surface area contributed by atoms with Gasteiger partial charge in [0, 0.05) is 6.54 Å². The largest absolute Gasteiger partial charge is 0.480 e. The SMILES string of the molecule is NC(N)=NCCC[C@H](N)C(=O)O.P. The van der Waals surface area contributed by atoms with Gasteiger partial charge >= 0.3 is 5.97 Å². The van der Waals surface area contributed by atoms with Gasteiger partial charge in [0.15, 0.2) is 5.96 Å². The standard InChI is InChI=1S/C6H14N4O2.H3P/c7-4(5(11)12)2-1-3-10-6(8)9;/h4H,1-3,7H2,(H,11,12)(H4,8,9,10);1H3/t4-;/m0./s1. The summed E-state index contributed by atoms with van der Waals surface area (Å²) in [5.41, 5.74) is 15.3. The molecule has 1 unspecified atom stereocenters. The molecule has 13 heavy (non-hydrogen) atoms. The van der Waals surface area contributed by atoms with Gasteiger partial charge in [-0.05, 0) is 12.8 Å². The first-order valence-electron chi connectivity index (χ1n) is 3.58. The van der Waals surface area contributed by atoms with E-state index in [1.54, 1.807) is 0 Å². The summed E-state index contributed by atoms with van der Waals surface area (Å²) in [4.78, 5) is 13.9. The van der Waals surface area contributed by atoms with Crippen LogP contribution in [-0.2, 0) is 4.79 Å². The number of hydrogen-bond acceptors (Lipinski definition) is 3. The van der Waals surface area contributed by atoms with Crippen molar-refractivity contribution in [2.45, 2.75) is 18.9 Å². The average molecular weight is 208 g/mol. The van der Waals surface area contributed by atoms with E-state index in [-0.39, 0.29) is 15.9 Å². The number of rotatable bonds is 5. The summed E-state index contributed by atoms with van der Waals surface area (Å²) in [7, 11) is 0. The number of carboxylic acid groups (broad SMARTS) is 1. The molecule has 0 aliphatic rings. The van der Waals surface area contributed by atoms with E-state index in [0.717, 1.165) is 0 Å². The lowest BCUT2D eigenvalue weighted by atomic mass is 10.2. The second-order valence-corrected chi connectivity index (χ2v) is 2.39. The Kier molecular flexibility index (Phi) is 8.74. The molecular weight excluding hydrogens is 191 g/mol.